The van der Waals surface area contributed by atoms with Crippen LogP contribution in [0.3, 0.4) is 0 Å². The summed E-state index contributed by atoms with van der Waals surface area (Å²) < 4.78 is 0. The zero-order chi connectivity index (χ0) is 23.0. The van der Waals surface area contributed by atoms with Gasteiger partial charge in [0.25, 0.3) is 0 Å². The van der Waals surface area contributed by atoms with Crippen molar-refractivity contribution in [3.8, 4) is 0 Å². The van der Waals surface area contributed by atoms with Crippen LogP contribution in [0.5, 0.6) is 0 Å². The normalized spacial score (nSPS) is 19.6. The number of nitrogens with one attached hydrogen (secondary N) is 3. The monoisotopic (exact) mass is 453 g/mol. The molecule has 0 radical (unpaired) electrons. The Morgan fingerprint density at radius 3 is 1.00 bits per heavy atom. The van der Waals surface area contributed by atoms with Crippen molar-refractivity contribution in [2.24, 2.45) is 17.8 Å². The highest BCUT2D eigenvalue weighted by molar-refractivity contribution is 5.98. The molecule has 0 aromatic heterocycles. The third-order valence-corrected chi connectivity index (χ3v) is 7.63. The number of hydrogen-bond acceptors (Lipinski definition) is 3. The molecule has 0 atom stereocenters. The number of amides is 3. The zero-order valence-corrected chi connectivity index (χ0v) is 19.8. The summed E-state index contributed by atoms with van der Waals surface area (Å²) in [4.78, 5) is 37.8. The average molecular weight is 454 g/mol. The van der Waals surface area contributed by atoms with Gasteiger partial charge in [-0.3, -0.25) is 14.4 Å². The molecule has 0 heterocycles. The zero-order valence-electron chi connectivity index (χ0n) is 19.8. The molecule has 6 nitrogen and oxygen atoms in total. The SMILES string of the molecule is O=C(CC1CCCC1)Nc1cc(NC(=O)CC2CCCC2)cc(NC(=O)CC2CCCC2)c1. The highest BCUT2D eigenvalue weighted by atomic mass is 16.2. The third kappa shape index (κ3) is 7.58. The van der Waals surface area contributed by atoms with E-state index in [0.29, 0.717) is 54.1 Å². The van der Waals surface area contributed by atoms with E-state index in [1.807, 2.05) is 0 Å². The molecule has 1 aromatic carbocycles. The molecule has 3 fully saturated rings. The highest BCUT2D eigenvalue weighted by Gasteiger charge is 2.21. The standard InChI is InChI=1S/C27H39N3O3/c31-25(13-19-7-1-2-8-19)28-22-16-23(29-26(32)14-20-9-3-4-10-20)18-24(17-22)30-27(33)15-21-11-5-6-12-21/h16-21H,1-15H2,(H,28,31)(H,29,32)(H,30,33). The second kappa shape index (κ2) is 11.7. The minimum absolute atomic E-state index is 0.000403. The van der Waals surface area contributed by atoms with Crippen molar-refractivity contribution in [3.63, 3.8) is 0 Å². The lowest BCUT2D eigenvalue weighted by molar-refractivity contribution is -0.117. The van der Waals surface area contributed by atoms with Gasteiger partial charge in [0, 0.05) is 36.3 Å². The molecule has 0 aliphatic heterocycles. The van der Waals surface area contributed by atoms with Crippen molar-refractivity contribution in [3.05, 3.63) is 18.2 Å². The van der Waals surface area contributed by atoms with Gasteiger partial charge in [0.1, 0.15) is 0 Å². The van der Waals surface area contributed by atoms with Crippen LogP contribution >= 0.6 is 0 Å². The van der Waals surface area contributed by atoms with Gasteiger partial charge in [-0.2, -0.15) is 0 Å². The predicted molar refractivity (Wildman–Crippen MR) is 132 cm³/mol. The number of carbonyl (C=O) groups excluding carboxylic acids is 3. The second-order valence-corrected chi connectivity index (χ2v) is 10.5. The third-order valence-electron chi connectivity index (χ3n) is 7.63. The van der Waals surface area contributed by atoms with Crippen molar-refractivity contribution in [1.82, 2.24) is 0 Å². The molecule has 3 aliphatic rings. The summed E-state index contributed by atoms with van der Waals surface area (Å²) >= 11 is 0. The molecule has 0 spiro atoms. The van der Waals surface area contributed by atoms with Crippen LogP contribution in [0.25, 0.3) is 0 Å². The Balaban J connectivity index is 1.41. The molecule has 6 heteroatoms. The van der Waals surface area contributed by atoms with Crippen LogP contribution in [0, 0.1) is 17.8 Å². The quantitative estimate of drug-likeness (QED) is 0.413. The van der Waals surface area contributed by atoms with Crippen LogP contribution in [0.2, 0.25) is 0 Å². The van der Waals surface area contributed by atoms with Crippen molar-refractivity contribution < 1.29 is 14.4 Å². The average Bonchev–Trinajstić information content (AvgIpc) is 3.51. The first-order valence-corrected chi connectivity index (χ1v) is 13.1. The topological polar surface area (TPSA) is 87.3 Å². The maximum Gasteiger partial charge on any atom is 0.224 e. The van der Waals surface area contributed by atoms with Crippen LogP contribution in [0.1, 0.15) is 96.3 Å². The van der Waals surface area contributed by atoms with E-state index >= 15 is 0 Å². The molecule has 0 unspecified atom stereocenters. The van der Waals surface area contributed by atoms with Gasteiger partial charge in [-0.1, -0.05) is 38.5 Å². The first kappa shape index (κ1) is 23.8. The number of anilines is 3. The van der Waals surface area contributed by atoms with E-state index in [2.05, 4.69) is 16.0 Å². The molecule has 180 valence electrons. The molecule has 4 rings (SSSR count). The van der Waals surface area contributed by atoms with E-state index in [1.165, 1.54) is 38.5 Å². The predicted octanol–water partition coefficient (Wildman–Crippen LogP) is 6.24. The molecular formula is C27H39N3O3. The number of rotatable bonds is 9. The lowest BCUT2D eigenvalue weighted by atomic mass is 10.0. The van der Waals surface area contributed by atoms with Crippen LogP contribution in [0.4, 0.5) is 17.1 Å². The van der Waals surface area contributed by atoms with E-state index < -0.39 is 0 Å². The summed E-state index contributed by atoms with van der Waals surface area (Å²) in [5.74, 6) is 1.39. The summed E-state index contributed by atoms with van der Waals surface area (Å²) in [6.45, 7) is 0. The first-order chi connectivity index (χ1) is 16.0. The Kier molecular flexibility index (Phi) is 8.40. The van der Waals surface area contributed by atoms with Gasteiger partial charge >= 0.3 is 0 Å². The Labute approximate surface area is 197 Å². The van der Waals surface area contributed by atoms with Gasteiger partial charge in [0.2, 0.25) is 17.7 Å². The molecular weight excluding hydrogens is 414 g/mol. The highest BCUT2D eigenvalue weighted by Crippen LogP contribution is 2.31. The van der Waals surface area contributed by atoms with Crippen molar-refractivity contribution >= 4 is 34.8 Å². The molecule has 33 heavy (non-hydrogen) atoms. The summed E-state index contributed by atoms with van der Waals surface area (Å²) in [5, 5.41) is 9.00. The van der Waals surface area contributed by atoms with Crippen LogP contribution in [0.15, 0.2) is 18.2 Å². The lowest BCUT2D eigenvalue weighted by Crippen LogP contribution is -2.18. The van der Waals surface area contributed by atoms with E-state index in [0.717, 1.165) is 38.5 Å². The molecule has 3 amide bonds. The van der Waals surface area contributed by atoms with Crippen molar-refractivity contribution in [1.29, 1.82) is 0 Å². The Bertz CT molecular complexity index is 713. The van der Waals surface area contributed by atoms with Gasteiger partial charge in [-0.15, -0.1) is 0 Å². The maximum atomic E-state index is 12.6. The van der Waals surface area contributed by atoms with Crippen LogP contribution in [-0.4, -0.2) is 17.7 Å². The molecule has 0 saturated heterocycles. The van der Waals surface area contributed by atoms with Gasteiger partial charge < -0.3 is 16.0 Å². The Hall–Kier alpha value is -2.37. The minimum Gasteiger partial charge on any atom is -0.326 e. The van der Waals surface area contributed by atoms with Gasteiger partial charge in [-0.25, -0.2) is 0 Å². The molecule has 1 aromatic rings. The number of hydrogen-bond donors (Lipinski definition) is 3. The fourth-order valence-electron chi connectivity index (χ4n) is 5.91. The molecule has 3 aliphatic carbocycles. The smallest absolute Gasteiger partial charge is 0.224 e. The van der Waals surface area contributed by atoms with Crippen LogP contribution in [-0.2, 0) is 14.4 Å². The van der Waals surface area contributed by atoms with E-state index in [1.54, 1.807) is 18.2 Å². The first-order valence-electron chi connectivity index (χ1n) is 13.1. The summed E-state index contributed by atoms with van der Waals surface area (Å²) in [5.41, 5.74) is 1.86. The molecule has 3 N–H and O–H groups in total. The van der Waals surface area contributed by atoms with Crippen molar-refractivity contribution in [2.75, 3.05) is 16.0 Å². The molecule has 0 bridgehead atoms. The van der Waals surface area contributed by atoms with E-state index in [9.17, 15) is 14.4 Å². The lowest BCUT2D eigenvalue weighted by Gasteiger charge is -2.15. The Morgan fingerprint density at radius 2 is 0.758 bits per heavy atom. The molecule has 3 saturated carbocycles. The van der Waals surface area contributed by atoms with Crippen molar-refractivity contribution in [2.45, 2.75) is 96.3 Å². The summed E-state index contributed by atoms with van der Waals surface area (Å²) in [7, 11) is 0. The number of carbonyl (C=O) groups is 3. The fourth-order valence-corrected chi connectivity index (χ4v) is 5.91. The fraction of sp³-hybridized carbons (Fsp3) is 0.667. The van der Waals surface area contributed by atoms with E-state index in [4.69, 9.17) is 0 Å². The van der Waals surface area contributed by atoms with Crippen LogP contribution < -0.4 is 16.0 Å². The van der Waals surface area contributed by atoms with Gasteiger partial charge in [-0.05, 0) is 74.5 Å². The van der Waals surface area contributed by atoms with E-state index in [-0.39, 0.29) is 17.7 Å². The number of benzene rings is 1. The maximum absolute atomic E-state index is 12.6. The van der Waals surface area contributed by atoms with Gasteiger partial charge in [0.05, 0.1) is 0 Å². The summed E-state index contributed by atoms with van der Waals surface area (Å²) in [6, 6.07) is 5.39. The van der Waals surface area contributed by atoms with Gasteiger partial charge in [0.15, 0.2) is 0 Å². The summed E-state index contributed by atoms with van der Waals surface area (Å²) in [6.07, 6.45) is 15.5. The Morgan fingerprint density at radius 1 is 0.515 bits per heavy atom. The largest absolute Gasteiger partial charge is 0.326 e. The minimum atomic E-state index is -0.000403. The second-order valence-electron chi connectivity index (χ2n) is 10.5.